The van der Waals surface area contributed by atoms with Crippen LogP contribution in [0.5, 0.6) is 0 Å². The smallest absolute Gasteiger partial charge is 0.322 e. The molecule has 1 heterocycles. The molecule has 0 aliphatic rings. The number of aryl methyl sites for hydroxylation is 1. The van der Waals surface area contributed by atoms with E-state index in [4.69, 9.17) is 0 Å². The molecule has 4 aromatic rings. The fraction of sp³-hybridized carbons (Fsp3) is 0.115. The Hall–Kier alpha value is -4.20. The van der Waals surface area contributed by atoms with Crippen molar-refractivity contribution in [2.75, 3.05) is 5.32 Å². The fourth-order valence-electron chi connectivity index (χ4n) is 3.62. The van der Waals surface area contributed by atoms with Crippen LogP contribution in [0.15, 0.2) is 89.7 Å². The Morgan fingerprint density at radius 3 is 1.97 bits per heavy atom. The normalized spacial score (nSPS) is 11.3. The van der Waals surface area contributed by atoms with Crippen LogP contribution < -0.4 is 10.9 Å². The van der Waals surface area contributed by atoms with Crippen molar-refractivity contribution >= 4 is 11.6 Å². The van der Waals surface area contributed by atoms with Gasteiger partial charge in [0.25, 0.3) is 11.5 Å². The number of amides is 1. The fourth-order valence-corrected chi connectivity index (χ4v) is 3.62. The maximum absolute atomic E-state index is 13.4. The van der Waals surface area contributed by atoms with E-state index < -0.39 is 23.2 Å². The first kappa shape index (κ1) is 23.0. The first-order valence-corrected chi connectivity index (χ1v) is 10.5. The predicted molar refractivity (Wildman–Crippen MR) is 124 cm³/mol. The maximum Gasteiger partial charge on any atom is 0.416 e. The number of hydrogen-bond donors (Lipinski definition) is 1. The molecule has 0 saturated heterocycles. The number of anilines is 1. The molecule has 0 atom stereocenters. The van der Waals surface area contributed by atoms with Gasteiger partial charge < -0.3 is 5.32 Å². The van der Waals surface area contributed by atoms with E-state index in [2.05, 4.69) is 10.4 Å². The van der Waals surface area contributed by atoms with Crippen LogP contribution in [-0.4, -0.2) is 15.7 Å². The van der Waals surface area contributed by atoms with Gasteiger partial charge in [-0.1, -0.05) is 60.7 Å². The van der Waals surface area contributed by atoms with Gasteiger partial charge in [0.15, 0.2) is 0 Å². The molecule has 0 spiro atoms. The Bertz CT molecular complexity index is 1370. The van der Waals surface area contributed by atoms with Crippen molar-refractivity contribution in [2.45, 2.75) is 19.6 Å². The highest BCUT2D eigenvalue weighted by atomic mass is 19.4. The van der Waals surface area contributed by atoms with Gasteiger partial charge in [0, 0.05) is 23.4 Å². The molecule has 1 N–H and O–H groups in total. The number of carbonyl (C=O) groups excluding carboxylic acids is 1. The molecule has 0 aliphatic carbocycles. The largest absolute Gasteiger partial charge is 0.416 e. The van der Waals surface area contributed by atoms with Crippen molar-refractivity contribution < 1.29 is 18.0 Å². The summed E-state index contributed by atoms with van der Waals surface area (Å²) in [7, 11) is 0. The van der Waals surface area contributed by atoms with E-state index in [0.717, 1.165) is 24.3 Å². The van der Waals surface area contributed by atoms with Crippen molar-refractivity contribution in [3.63, 3.8) is 0 Å². The zero-order chi connectivity index (χ0) is 24.3. The molecule has 172 valence electrons. The minimum Gasteiger partial charge on any atom is -0.322 e. The Kier molecular flexibility index (Phi) is 6.32. The molecular formula is C26H20F3N3O2. The number of hydrogen-bond acceptors (Lipinski definition) is 3. The lowest BCUT2D eigenvalue weighted by atomic mass is 9.95. The Balaban J connectivity index is 1.89. The zero-order valence-corrected chi connectivity index (χ0v) is 18.1. The third-order valence-electron chi connectivity index (χ3n) is 5.26. The molecule has 3 aromatic carbocycles. The number of alkyl halides is 3. The summed E-state index contributed by atoms with van der Waals surface area (Å²) in [6, 6.07) is 22.1. The molecule has 0 unspecified atom stereocenters. The van der Waals surface area contributed by atoms with Crippen LogP contribution in [0.2, 0.25) is 0 Å². The maximum atomic E-state index is 13.4. The summed E-state index contributed by atoms with van der Waals surface area (Å²) < 4.78 is 39.9. The van der Waals surface area contributed by atoms with E-state index in [0.29, 0.717) is 22.4 Å². The van der Waals surface area contributed by atoms with Gasteiger partial charge in [-0.3, -0.25) is 9.59 Å². The third-order valence-corrected chi connectivity index (χ3v) is 5.26. The lowest BCUT2D eigenvalue weighted by Crippen LogP contribution is -2.32. The van der Waals surface area contributed by atoms with Crippen molar-refractivity contribution in [3.05, 3.63) is 106 Å². The second kappa shape index (κ2) is 9.35. The number of benzene rings is 3. The topological polar surface area (TPSA) is 64.0 Å². The first-order chi connectivity index (χ1) is 16.3. The van der Waals surface area contributed by atoms with Gasteiger partial charge in [-0.2, -0.15) is 18.3 Å². The molecule has 1 aromatic heterocycles. The quantitative estimate of drug-likeness (QED) is 0.403. The molecule has 0 bridgehead atoms. The van der Waals surface area contributed by atoms with Crippen LogP contribution in [-0.2, 0) is 12.7 Å². The molecule has 5 nitrogen and oxygen atoms in total. The average Bonchev–Trinajstić information content (AvgIpc) is 2.84. The third kappa shape index (κ3) is 4.61. The highest BCUT2D eigenvalue weighted by molar-refractivity contribution is 6.10. The molecule has 0 aliphatic heterocycles. The number of aromatic nitrogens is 2. The van der Waals surface area contributed by atoms with Crippen LogP contribution in [0.25, 0.3) is 22.4 Å². The number of carbonyl (C=O) groups is 1. The van der Waals surface area contributed by atoms with Crippen LogP contribution in [0.4, 0.5) is 18.9 Å². The summed E-state index contributed by atoms with van der Waals surface area (Å²) in [5.74, 6) is -0.731. The van der Waals surface area contributed by atoms with E-state index in [1.54, 1.807) is 31.2 Å². The van der Waals surface area contributed by atoms with Gasteiger partial charge in [0.1, 0.15) is 5.56 Å². The van der Waals surface area contributed by atoms with Gasteiger partial charge in [0.05, 0.1) is 11.3 Å². The second-order valence-corrected chi connectivity index (χ2v) is 7.48. The highest BCUT2D eigenvalue weighted by Gasteiger charge is 2.30. The lowest BCUT2D eigenvalue weighted by Gasteiger charge is -2.17. The van der Waals surface area contributed by atoms with Crippen molar-refractivity contribution in [3.8, 4) is 22.4 Å². The minimum atomic E-state index is -4.49. The van der Waals surface area contributed by atoms with E-state index in [1.165, 1.54) is 4.68 Å². The van der Waals surface area contributed by atoms with Crippen LogP contribution >= 0.6 is 0 Å². The molecular weight excluding hydrogens is 443 g/mol. The zero-order valence-electron chi connectivity index (χ0n) is 18.1. The standard InChI is InChI=1S/C26H20F3N3O2/c1-2-32-25(34)22(24(33)30-20-15-13-19(14-16-20)26(27,28)29)21(17-9-5-3-6-10-17)23(31-32)18-11-7-4-8-12-18/h3-16H,2H2,1H3,(H,30,33). The summed E-state index contributed by atoms with van der Waals surface area (Å²) in [5.41, 5.74) is 0.708. The highest BCUT2D eigenvalue weighted by Crippen LogP contribution is 2.33. The van der Waals surface area contributed by atoms with Gasteiger partial charge in [-0.05, 0) is 36.8 Å². The van der Waals surface area contributed by atoms with Crippen LogP contribution in [0.1, 0.15) is 22.8 Å². The van der Waals surface area contributed by atoms with Gasteiger partial charge in [0.2, 0.25) is 0 Å². The average molecular weight is 463 g/mol. The molecule has 8 heteroatoms. The second-order valence-electron chi connectivity index (χ2n) is 7.48. The summed E-state index contributed by atoms with van der Waals surface area (Å²) in [5, 5.41) is 7.10. The van der Waals surface area contributed by atoms with E-state index >= 15 is 0 Å². The summed E-state index contributed by atoms with van der Waals surface area (Å²) in [4.78, 5) is 26.7. The summed E-state index contributed by atoms with van der Waals surface area (Å²) >= 11 is 0. The number of halogens is 3. The van der Waals surface area contributed by atoms with Gasteiger partial charge in [-0.15, -0.1) is 0 Å². The molecule has 34 heavy (non-hydrogen) atoms. The van der Waals surface area contributed by atoms with Crippen molar-refractivity contribution in [1.29, 1.82) is 0 Å². The SMILES string of the molecule is CCn1nc(-c2ccccc2)c(-c2ccccc2)c(C(=O)Nc2ccc(C(F)(F)F)cc2)c1=O. The van der Waals surface area contributed by atoms with E-state index in [-0.39, 0.29) is 17.8 Å². The van der Waals surface area contributed by atoms with Crippen molar-refractivity contribution in [1.82, 2.24) is 9.78 Å². The number of nitrogens with zero attached hydrogens (tertiary/aromatic N) is 2. The van der Waals surface area contributed by atoms with Crippen LogP contribution in [0.3, 0.4) is 0 Å². The monoisotopic (exact) mass is 463 g/mol. The van der Waals surface area contributed by atoms with E-state index in [9.17, 15) is 22.8 Å². The molecule has 1 amide bonds. The Morgan fingerprint density at radius 1 is 0.882 bits per heavy atom. The van der Waals surface area contributed by atoms with E-state index in [1.807, 2.05) is 36.4 Å². The minimum absolute atomic E-state index is 0.137. The molecule has 0 saturated carbocycles. The van der Waals surface area contributed by atoms with Gasteiger partial charge in [-0.25, -0.2) is 4.68 Å². The Labute approximate surface area is 193 Å². The molecule has 0 fully saturated rings. The first-order valence-electron chi connectivity index (χ1n) is 10.5. The van der Waals surface area contributed by atoms with Crippen molar-refractivity contribution in [2.24, 2.45) is 0 Å². The number of rotatable bonds is 5. The molecule has 0 radical (unpaired) electrons. The molecule has 4 rings (SSSR count). The lowest BCUT2D eigenvalue weighted by molar-refractivity contribution is -0.137. The number of nitrogens with one attached hydrogen (secondary N) is 1. The predicted octanol–water partition coefficient (Wildman–Crippen LogP) is 5.87. The van der Waals surface area contributed by atoms with Gasteiger partial charge >= 0.3 is 6.18 Å². The summed E-state index contributed by atoms with van der Waals surface area (Å²) in [6.07, 6.45) is -4.49. The Morgan fingerprint density at radius 2 is 1.44 bits per heavy atom. The van der Waals surface area contributed by atoms with Crippen LogP contribution in [0, 0.1) is 0 Å². The summed E-state index contributed by atoms with van der Waals surface area (Å²) in [6.45, 7) is 1.97.